The van der Waals surface area contributed by atoms with Crippen LogP contribution >= 0.6 is 0 Å². The van der Waals surface area contributed by atoms with Crippen molar-refractivity contribution in [2.75, 3.05) is 4.72 Å². The average molecular weight is 344 g/mol. The third-order valence-corrected chi connectivity index (χ3v) is 5.48. The summed E-state index contributed by atoms with van der Waals surface area (Å²) < 4.78 is 27.4. The van der Waals surface area contributed by atoms with Crippen molar-refractivity contribution in [3.05, 3.63) is 59.2 Å². The van der Waals surface area contributed by atoms with Crippen molar-refractivity contribution in [1.29, 1.82) is 0 Å². The number of hydrogen-bond donors (Lipinski definition) is 2. The van der Waals surface area contributed by atoms with Crippen LogP contribution in [-0.4, -0.2) is 20.4 Å². The molecule has 126 valence electrons. The minimum Gasteiger partial charge on any atom is -0.349 e. The molecule has 0 atom stereocenters. The maximum atomic E-state index is 12.4. The predicted octanol–water partition coefficient (Wildman–Crippen LogP) is 3.00. The number of benzene rings is 2. The largest absolute Gasteiger partial charge is 0.349 e. The molecule has 1 saturated carbocycles. The van der Waals surface area contributed by atoms with Gasteiger partial charge >= 0.3 is 0 Å². The number of hydrogen-bond acceptors (Lipinski definition) is 3. The highest BCUT2D eigenvalue weighted by Crippen LogP contribution is 2.21. The fourth-order valence-electron chi connectivity index (χ4n) is 2.28. The zero-order valence-electron chi connectivity index (χ0n) is 13.7. The van der Waals surface area contributed by atoms with Crippen molar-refractivity contribution >= 4 is 21.6 Å². The van der Waals surface area contributed by atoms with Crippen molar-refractivity contribution in [3.8, 4) is 0 Å². The minimum atomic E-state index is -3.65. The first kappa shape index (κ1) is 16.5. The van der Waals surface area contributed by atoms with Gasteiger partial charge in [-0.3, -0.25) is 9.52 Å². The van der Waals surface area contributed by atoms with Gasteiger partial charge in [-0.2, -0.15) is 0 Å². The van der Waals surface area contributed by atoms with Gasteiger partial charge in [0.15, 0.2) is 0 Å². The van der Waals surface area contributed by atoms with Crippen LogP contribution in [-0.2, 0) is 10.0 Å². The number of anilines is 1. The van der Waals surface area contributed by atoms with E-state index in [-0.39, 0.29) is 10.8 Å². The number of rotatable bonds is 5. The van der Waals surface area contributed by atoms with Crippen molar-refractivity contribution < 1.29 is 13.2 Å². The van der Waals surface area contributed by atoms with Crippen LogP contribution in [0.3, 0.4) is 0 Å². The van der Waals surface area contributed by atoms with E-state index >= 15 is 0 Å². The maximum absolute atomic E-state index is 12.4. The molecule has 0 aliphatic heterocycles. The van der Waals surface area contributed by atoms with Crippen LogP contribution in [0.15, 0.2) is 47.4 Å². The van der Waals surface area contributed by atoms with Crippen LogP contribution in [0.25, 0.3) is 0 Å². The number of carbonyl (C=O) groups is 1. The average Bonchev–Trinajstić information content (AvgIpc) is 3.34. The smallest absolute Gasteiger partial charge is 0.261 e. The van der Waals surface area contributed by atoms with E-state index in [4.69, 9.17) is 0 Å². The molecule has 6 heteroatoms. The second-order valence-electron chi connectivity index (χ2n) is 6.18. The Morgan fingerprint density at radius 2 is 1.67 bits per heavy atom. The summed E-state index contributed by atoms with van der Waals surface area (Å²) in [5.74, 6) is -0.124. The molecule has 2 N–H and O–H groups in total. The zero-order chi connectivity index (χ0) is 17.3. The quantitative estimate of drug-likeness (QED) is 0.875. The lowest BCUT2D eigenvalue weighted by Crippen LogP contribution is -2.25. The van der Waals surface area contributed by atoms with Crippen LogP contribution in [0.2, 0.25) is 0 Å². The summed E-state index contributed by atoms with van der Waals surface area (Å²) in [7, 11) is -3.65. The fourth-order valence-corrected chi connectivity index (χ4v) is 3.42. The second-order valence-corrected chi connectivity index (χ2v) is 7.86. The standard InChI is InChI=1S/C18H20N2O3S/c1-12-3-10-17(11-13(12)2)24(22,23)20-16-6-4-14(5-7-16)18(21)19-15-8-9-15/h3-7,10-11,15,20H,8-9H2,1-2H3,(H,19,21). The molecule has 1 aliphatic rings. The SMILES string of the molecule is Cc1ccc(S(=O)(=O)Nc2ccc(C(=O)NC3CC3)cc2)cc1C. The molecule has 1 fully saturated rings. The van der Waals surface area contributed by atoms with Crippen LogP contribution in [0.5, 0.6) is 0 Å². The normalized spacial score (nSPS) is 14.2. The number of nitrogens with one attached hydrogen (secondary N) is 2. The Kier molecular flexibility index (Phi) is 4.32. The van der Waals surface area contributed by atoms with E-state index in [0.29, 0.717) is 17.3 Å². The van der Waals surface area contributed by atoms with Crippen LogP contribution in [0, 0.1) is 13.8 Å². The first-order chi connectivity index (χ1) is 11.3. The molecule has 2 aromatic carbocycles. The van der Waals surface area contributed by atoms with Crippen molar-refractivity contribution in [2.45, 2.75) is 37.6 Å². The monoisotopic (exact) mass is 344 g/mol. The third-order valence-electron chi connectivity index (χ3n) is 4.10. The van der Waals surface area contributed by atoms with Crippen molar-refractivity contribution in [3.63, 3.8) is 0 Å². The van der Waals surface area contributed by atoms with Gasteiger partial charge in [0.1, 0.15) is 0 Å². The summed E-state index contributed by atoms with van der Waals surface area (Å²) in [6, 6.07) is 11.7. The van der Waals surface area contributed by atoms with E-state index in [1.165, 1.54) is 0 Å². The lowest BCUT2D eigenvalue weighted by molar-refractivity contribution is 0.0951. The molecule has 3 rings (SSSR count). The maximum Gasteiger partial charge on any atom is 0.261 e. The number of carbonyl (C=O) groups excluding carboxylic acids is 1. The summed E-state index contributed by atoms with van der Waals surface area (Å²) in [5.41, 5.74) is 2.91. The molecule has 2 aromatic rings. The van der Waals surface area contributed by atoms with Crippen LogP contribution in [0.4, 0.5) is 5.69 Å². The Bertz CT molecular complexity index is 870. The molecule has 1 aliphatic carbocycles. The molecule has 0 radical (unpaired) electrons. The third kappa shape index (κ3) is 3.76. The molecule has 5 nitrogen and oxygen atoms in total. The molecular formula is C18H20N2O3S. The molecule has 0 heterocycles. The lowest BCUT2D eigenvalue weighted by Gasteiger charge is -2.10. The van der Waals surface area contributed by atoms with Gasteiger partial charge in [-0.1, -0.05) is 6.07 Å². The Hall–Kier alpha value is -2.34. The van der Waals surface area contributed by atoms with Gasteiger partial charge in [0.2, 0.25) is 0 Å². The van der Waals surface area contributed by atoms with Crippen molar-refractivity contribution in [2.24, 2.45) is 0 Å². The Morgan fingerprint density at radius 3 is 2.25 bits per heavy atom. The van der Waals surface area contributed by atoms with E-state index < -0.39 is 10.0 Å². The highest BCUT2D eigenvalue weighted by molar-refractivity contribution is 7.92. The van der Waals surface area contributed by atoms with Gasteiger partial charge in [0.25, 0.3) is 15.9 Å². The summed E-state index contributed by atoms with van der Waals surface area (Å²) in [6.45, 7) is 3.81. The van der Waals surface area contributed by atoms with E-state index in [0.717, 1.165) is 24.0 Å². The topological polar surface area (TPSA) is 75.3 Å². The van der Waals surface area contributed by atoms with Crippen LogP contribution < -0.4 is 10.0 Å². The molecule has 0 bridgehead atoms. The number of sulfonamides is 1. The van der Waals surface area contributed by atoms with E-state index in [1.807, 2.05) is 13.8 Å². The van der Waals surface area contributed by atoms with Gasteiger partial charge in [-0.15, -0.1) is 0 Å². The molecule has 0 aromatic heterocycles. The van der Waals surface area contributed by atoms with Gasteiger partial charge in [-0.05, 0) is 74.2 Å². The van der Waals surface area contributed by atoms with Gasteiger partial charge < -0.3 is 5.32 Å². The fraction of sp³-hybridized carbons (Fsp3) is 0.278. The first-order valence-corrected chi connectivity index (χ1v) is 9.34. The summed E-state index contributed by atoms with van der Waals surface area (Å²) in [5, 5.41) is 2.90. The Balaban J connectivity index is 1.74. The minimum absolute atomic E-state index is 0.124. The second kappa shape index (κ2) is 6.28. The van der Waals surface area contributed by atoms with Gasteiger partial charge in [0, 0.05) is 17.3 Å². The number of amides is 1. The Morgan fingerprint density at radius 1 is 1.00 bits per heavy atom. The molecular weight excluding hydrogens is 324 g/mol. The molecule has 0 unspecified atom stereocenters. The molecule has 0 saturated heterocycles. The van der Waals surface area contributed by atoms with E-state index in [9.17, 15) is 13.2 Å². The van der Waals surface area contributed by atoms with Gasteiger partial charge in [-0.25, -0.2) is 8.42 Å². The summed E-state index contributed by atoms with van der Waals surface area (Å²) in [6.07, 6.45) is 2.05. The number of aryl methyl sites for hydroxylation is 2. The summed E-state index contributed by atoms with van der Waals surface area (Å²) in [4.78, 5) is 12.2. The Labute approximate surface area is 142 Å². The summed E-state index contributed by atoms with van der Waals surface area (Å²) >= 11 is 0. The molecule has 0 spiro atoms. The zero-order valence-corrected chi connectivity index (χ0v) is 14.5. The van der Waals surface area contributed by atoms with E-state index in [2.05, 4.69) is 10.0 Å². The highest BCUT2D eigenvalue weighted by Gasteiger charge is 2.23. The van der Waals surface area contributed by atoms with E-state index in [1.54, 1.807) is 42.5 Å². The lowest BCUT2D eigenvalue weighted by atomic mass is 10.1. The first-order valence-electron chi connectivity index (χ1n) is 7.86. The predicted molar refractivity (Wildman–Crippen MR) is 93.7 cm³/mol. The van der Waals surface area contributed by atoms with Gasteiger partial charge in [0.05, 0.1) is 4.90 Å². The molecule has 24 heavy (non-hydrogen) atoms. The molecule has 1 amide bonds. The highest BCUT2D eigenvalue weighted by atomic mass is 32.2. The van der Waals surface area contributed by atoms with Crippen LogP contribution in [0.1, 0.15) is 34.3 Å². The van der Waals surface area contributed by atoms with Crippen molar-refractivity contribution in [1.82, 2.24) is 5.32 Å².